The zero-order chi connectivity index (χ0) is 18.8. The fourth-order valence-corrected chi connectivity index (χ4v) is 3.42. The predicted octanol–water partition coefficient (Wildman–Crippen LogP) is 4.82. The van der Waals surface area contributed by atoms with Crippen molar-refractivity contribution < 1.29 is 13.6 Å². The van der Waals surface area contributed by atoms with Crippen molar-refractivity contribution in [2.24, 2.45) is 0 Å². The number of rotatable bonds is 4. The summed E-state index contributed by atoms with van der Waals surface area (Å²) >= 11 is 1.44. The average Bonchev–Trinajstić information content (AvgIpc) is 3.19. The molecule has 27 heavy (non-hydrogen) atoms. The van der Waals surface area contributed by atoms with Gasteiger partial charge in [0.2, 0.25) is 0 Å². The van der Waals surface area contributed by atoms with Gasteiger partial charge in [-0.15, -0.1) is 11.3 Å². The lowest BCUT2D eigenvalue weighted by molar-refractivity contribution is 0.0979. The number of fused-ring (bicyclic) bond motifs is 1. The molecule has 0 unspecified atom stereocenters. The Morgan fingerprint density at radius 1 is 1.04 bits per heavy atom. The molecule has 0 atom stereocenters. The van der Waals surface area contributed by atoms with Gasteiger partial charge in [-0.05, 0) is 35.7 Å². The molecule has 0 saturated heterocycles. The Labute approximate surface area is 157 Å². The lowest BCUT2D eigenvalue weighted by Gasteiger charge is -2.22. The van der Waals surface area contributed by atoms with E-state index in [0.717, 1.165) is 17.0 Å². The van der Waals surface area contributed by atoms with Gasteiger partial charge in [0.05, 0.1) is 29.5 Å². The molecule has 0 aliphatic carbocycles. The summed E-state index contributed by atoms with van der Waals surface area (Å²) in [6, 6.07) is 14.0. The molecule has 0 bridgehead atoms. The number of hydrogen-bond acceptors (Lipinski definition) is 4. The van der Waals surface area contributed by atoms with Crippen LogP contribution < -0.4 is 4.90 Å². The van der Waals surface area contributed by atoms with Crippen molar-refractivity contribution in [1.82, 2.24) is 9.97 Å². The van der Waals surface area contributed by atoms with Gasteiger partial charge in [0, 0.05) is 10.9 Å². The van der Waals surface area contributed by atoms with Gasteiger partial charge in [-0.2, -0.15) is 0 Å². The number of thiophene rings is 1. The van der Waals surface area contributed by atoms with Crippen LogP contribution in [0.5, 0.6) is 0 Å². The van der Waals surface area contributed by atoms with Gasteiger partial charge in [-0.3, -0.25) is 14.7 Å². The largest absolute Gasteiger partial charge is 0.299 e. The molecule has 2 aromatic heterocycles. The second kappa shape index (κ2) is 7.20. The molecular formula is C20H13F2N3OS. The Morgan fingerprint density at radius 3 is 2.59 bits per heavy atom. The number of nitrogens with zero attached hydrogens (tertiary/aromatic N) is 3. The van der Waals surface area contributed by atoms with Crippen molar-refractivity contribution in [3.05, 3.63) is 88.4 Å². The van der Waals surface area contributed by atoms with Crippen molar-refractivity contribution in [3.8, 4) is 0 Å². The minimum absolute atomic E-state index is 0.00948. The number of amides is 1. The van der Waals surface area contributed by atoms with Crippen LogP contribution in [0.4, 0.5) is 14.5 Å². The van der Waals surface area contributed by atoms with E-state index in [4.69, 9.17) is 0 Å². The van der Waals surface area contributed by atoms with Crippen LogP contribution in [0.3, 0.4) is 0 Å². The summed E-state index contributed by atoms with van der Waals surface area (Å²) in [5.41, 5.74) is 1.31. The van der Waals surface area contributed by atoms with Crippen molar-refractivity contribution in [1.29, 1.82) is 0 Å². The number of anilines is 1. The summed E-state index contributed by atoms with van der Waals surface area (Å²) < 4.78 is 27.7. The van der Waals surface area contributed by atoms with Crippen molar-refractivity contribution >= 4 is 34.0 Å². The number of carbonyl (C=O) groups excluding carboxylic acids is 1. The van der Waals surface area contributed by atoms with Gasteiger partial charge in [0.15, 0.2) is 0 Å². The van der Waals surface area contributed by atoms with Crippen LogP contribution in [0.1, 0.15) is 15.4 Å². The molecule has 4 rings (SSSR count). The minimum atomic E-state index is -0.811. The summed E-state index contributed by atoms with van der Waals surface area (Å²) in [7, 11) is 0. The lowest BCUT2D eigenvalue weighted by atomic mass is 10.2. The van der Waals surface area contributed by atoms with E-state index >= 15 is 0 Å². The molecule has 0 fully saturated rings. The number of aromatic nitrogens is 2. The van der Waals surface area contributed by atoms with Crippen LogP contribution in [0.25, 0.3) is 11.0 Å². The summed E-state index contributed by atoms with van der Waals surface area (Å²) in [4.78, 5) is 23.8. The van der Waals surface area contributed by atoms with Crippen molar-refractivity contribution in [3.63, 3.8) is 0 Å². The standard InChI is InChI=1S/C20H13F2N3OS/c21-13-7-8-19(15(22)10-13)25(12-14-4-3-9-27-14)20(26)18-11-23-16-5-1-2-6-17(16)24-18/h1-11H,12H2. The van der Waals surface area contributed by atoms with Gasteiger partial charge >= 0.3 is 0 Å². The molecule has 134 valence electrons. The Bertz CT molecular complexity index is 1120. The molecule has 4 aromatic rings. The second-order valence-electron chi connectivity index (χ2n) is 5.81. The first-order valence-electron chi connectivity index (χ1n) is 8.13. The number of halogens is 2. The highest BCUT2D eigenvalue weighted by Crippen LogP contribution is 2.25. The SMILES string of the molecule is O=C(c1cnc2ccccc2n1)N(Cc1cccs1)c1ccc(F)cc1F. The number of carbonyl (C=O) groups is 1. The Kier molecular flexibility index (Phi) is 4.60. The maximum absolute atomic E-state index is 14.4. The summed E-state index contributed by atoms with van der Waals surface area (Å²) in [5, 5.41) is 1.87. The quantitative estimate of drug-likeness (QED) is 0.509. The highest BCUT2D eigenvalue weighted by Gasteiger charge is 2.23. The molecule has 4 nitrogen and oxygen atoms in total. The molecule has 2 aromatic carbocycles. The Morgan fingerprint density at radius 2 is 1.85 bits per heavy atom. The van der Waals surface area contributed by atoms with Crippen LogP contribution >= 0.6 is 11.3 Å². The fraction of sp³-hybridized carbons (Fsp3) is 0.0500. The van der Waals surface area contributed by atoms with Crippen LogP contribution in [0.15, 0.2) is 66.2 Å². The zero-order valence-corrected chi connectivity index (χ0v) is 14.8. The monoisotopic (exact) mass is 381 g/mol. The van der Waals surface area contributed by atoms with E-state index in [1.54, 1.807) is 18.2 Å². The van der Waals surface area contributed by atoms with Crippen molar-refractivity contribution in [2.45, 2.75) is 6.54 Å². The third-order valence-electron chi connectivity index (χ3n) is 4.01. The summed E-state index contributed by atoms with van der Waals surface area (Å²) in [6.07, 6.45) is 1.37. The van der Waals surface area contributed by atoms with Gasteiger partial charge < -0.3 is 0 Å². The van der Waals surface area contributed by atoms with E-state index in [9.17, 15) is 13.6 Å². The first-order chi connectivity index (χ1) is 13.1. The highest BCUT2D eigenvalue weighted by molar-refractivity contribution is 7.09. The fourth-order valence-electron chi connectivity index (χ4n) is 2.72. The minimum Gasteiger partial charge on any atom is -0.299 e. The molecular weight excluding hydrogens is 368 g/mol. The molecule has 0 aliphatic heterocycles. The molecule has 0 radical (unpaired) electrons. The third-order valence-corrected chi connectivity index (χ3v) is 4.87. The van der Waals surface area contributed by atoms with E-state index < -0.39 is 17.5 Å². The second-order valence-corrected chi connectivity index (χ2v) is 6.84. The highest BCUT2D eigenvalue weighted by atomic mass is 32.1. The van der Waals surface area contributed by atoms with E-state index in [2.05, 4.69) is 9.97 Å². The topological polar surface area (TPSA) is 46.1 Å². The molecule has 0 N–H and O–H groups in total. The van der Waals surface area contributed by atoms with E-state index in [-0.39, 0.29) is 17.9 Å². The van der Waals surface area contributed by atoms with Gasteiger partial charge in [-0.25, -0.2) is 13.8 Å². The Hall–Kier alpha value is -3.19. The number of para-hydroxylation sites is 2. The third kappa shape index (κ3) is 3.54. The molecule has 2 heterocycles. The molecule has 7 heteroatoms. The van der Waals surface area contributed by atoms with Crippen LogP contribution in [0.2, 0.25) is 0 Å². The molecule has 1 amide bonds. The van der Waals surface area contributed by atoms with Crippen LogP contribution in [0, 0.1) is 11.6 Å². The maximum Gasteiger partial charge on any atom is 0.278 e. The van der Waals surface area contributed by atoms with E-state index in [1.165, 1.54) is 28.5 Å². The van der Waals surface area contributed by atoms with E-state index in [0.29, 0.717) is 11.0 Å². The number of hydrogen-bond donors (Lipinski definition) is 0. The average molecular weight is 381 g/mol. The van der Waals surface area contributed by atoms with Gasteiger partial charge in [0.1, 0.15) is 17.3 Å². The molecule has 0 aliphatic rings. The number of benzene rings is 2. The van der Waals surface area contributed by atoms with E-state index in [1.807, 2.05) is 23.6 Å². The first-order valence-corrected chi connectivity index (χ1v) is 9.01. The smallest absolute Gasteiger partial charge is 0.278 e. The predicted molar refractivity (Wildman–Crippen MR) is 101 cm³/mol. The Balaban J connectivity index is 1.77. The summed E-state index contributed by atoms with van der Waals surface area (Å²) in [5.74, 6) is -2.02. The van der Waals surface area contributed by atoms with Crippen molar-refractivity contribution in [2.75, 3.05) is 4.90 Å². The zero-order valence-electron chi connectivity index (χ0n) is 14.0. The normalized spacial score (nSPS) is 10.9. The van der Waals surface area contributed by atoms with Crippen LogP contribution in [-0.2, 0) is 6.54 Å². The van der Waals surface area contributed by atoms with Gasteiger partial charge in [-0.1, -0.05) is 18.2 Å². The lowest BCUT2D eigenvalue weighted by Crippen LogP contribution is -2.31. The molecule has 0 spiro atoms. The summed E-state index contributed by atoms with van der Waals surface area (Å²) in [6.45, 7) is 0.146. The molecule has 0 saturated carbocycles. The first kappa shape index (κ1) is 17.2. The van der Waals surface area contributed by atoms with Crippen LogP contribution in [-0.4, -0.2) is 15.9 Å². The van der Waals surface area contributed by atoms with Gasteiger partial charge in [0.25, 0.3) is 5.91 Å². The maximum atomic E-state index is 14.4.